The smallest absolute Gasteiger partial charge is 0.409 e. The summed E-state index contributed by atoms with van der Waals surface area (Å²) in [5.41, 5.74) is -0.146. The Morgan fingerprint density at radius 2 is 2.00 bits per heavy atom. The molecule has 80 valence electrons. The molecular formula is C9H9NO5. The van der Waals surface area contributed by atoms with Gasteiger partial charge in [-0.05, 0) is 18.2 Å². The number of hydrogen-bond acceptors (Lipinski definition) is 3. The van der Waals surface area contributed by atoms with Crippen LogP contribution in [0.2, 0.25) is 0 Å². The summed E-state index contributed by atoms with van der Waals surface area (Å²) in [5.74, 6) is -0.874. The fraction of sp³-hybridized carbons (Fsp3) is 0.111. The molecule has 0 aliphatic carbocycles. The highest BCUT2D eigenvalue weighted by atomic mass is 16.5. The van der Waals surface area contributed by atoms with Gasteiger partial charge in [-0.3, -0.25) is 5.32 Å². The number of nitrogens with one attached hydrogen (secondary N) is 1. The first-order valence-electron chi connectivity index (χ1n) is 3.96. The van der Waals surface area contributed by atoms with Crippen LogP contribution in [0.4, 0.5) is 10.5 Å². The van der Waals surface area contributed by atoms with Crippen molar-refractivity contribution in [2.75, 3.05) is 12.4 Å². The fourth-order valence-electron chi connectivity index (χ4n) is 1.05. The zero-order valence-electron chi connectivity index (χ0n) is 7.85. The Morgan fingerprint density at radius 1 is 1.33 bits per heavy atom. The predicted octanol–water partition coefficient (Wildman–Crippen LogP) is 1.48. The highest BCUT2D eigenvalue weighted by molar-refractivity contribution is 5.98. The van der Waals surface area contributed by atoms with Gasteiger partial charge in [-0.2, -0.15) is 0 Å². The van der Waals surface area contributed by atoms with E-state index in [1.165, 1.54) is 25.3 Å². The first kappa shape index (κ1) is 10.8. The lowest BCUT2D eigenvalue weighted by Gasteiger charge is -2.07. The average molecular weight is 211 g/mol. The number of aromatic carboxylic acids is 1. The number of ether oxygens (including phenoxy) is 1. The number of carboxylic acid groups (broad SMARTS) is 2. The molecule has 0 aromatic heterocycles. The topological polar surface area (TPSA) is 95.9 Å². The van der Waals surface area contributed by atoms with Crippen LogP contribution in [-0.4, -0.2) is 29.4 Å². The van der Waals surface area contributed by atoms with Crippen molar-refractivity contribution >= 4 is 17.7 Å². The Labute approximate surface area is 85.1 Å². The van der Waals surface area contributed by atoms with Crippen LogP contribution in [-0.2, 0) is 0 Å². The summed E-state index contributed by atoms with van der Waals surface area (Å²) >= 11 is 0. The van der Waals surface area contributed by atoms with Crippen molar-refractivity contribution in [2.45, 2.75) is 0 Å². The van der Waals surface area contributed by atoms with Crippen LogP contribution in [0.1, 0.15) is 10.4 Å². The maximum Gasteiger partial charge on any atom is 0.409 e. The van der Waals surface area contributed by atoms with Gasteiger partial charge in [0.2, 0.25) is 0 Å². The van der Waals surface area contributed by atoms with Crippen LogP contribution in [0.15, 0.2) is 18.2 Å². The molecule has 3 N–H and O–H groups in total. The second-order valence-corrected chi connectivity index (χ2v) is 2.65. The minimum atomic E-state index is -1.32. The van der Waals surface area contributed by atoms with Crippen molar-refractivity contribution in [1.82, 2.24) is 0 Å². The van der Waals surface area contributed by atoms with E-state index in [2.05, 4.69) is 0 Å². The summed E-state index contributed by atoms with van der Waals surface area (Å²) in [6.07, 6.45) is -1.32. The number of methoxy groups -OCH3 is 1. The minimum absolute atomic E-state index is 0.0100. The van der Waals surface area contributed by atoms with Gasteiger partial charge < -0.3 is 14.9 Å². The largest absolute Gasteiger partial charge is 0.497 e. The van der Waals surface area contributed by atoms with Crippen molar-refractivity contribution in [3.05, 3.63) is 23.8 Å². The zero-order valence-corrected chi connectivity index (χ0v) is 7.85. The zero-order chi connectivity index (χ0) is 11.4. The van der Waals surface area contributed by atoms with E-state index in [0.717, 1.165) is 0 Å². The molecule has 0 bridgehead atoms. The van der Waals surface area contributed by atoms with Crippen LogP contribution in [0.3, 0.4) is 0 Å². The van der Waals surface area contributed by atoms with Gasteiger partial charge in [0.25, 0.3) is 0 Å². The SMILES string of the molecule is COc1ccc(NC(=O)O)c(C(=O)O)c1. The standard InChI is InChI=1S/C9H9NO5/c1-15-5-2-3-7(10-9(13)14)6(4-5)8(11)12/h2-4,10H,1H3,(H,11,12)(H,13,14). The Hall–Kier alpha value is -2.24. The molecule has 0 saturated heterocycles. The molecule has 1 aromatic carbocycles. The van der Waals surface area contributed by atoms with Crippen LogP contribution in [0.5, 0.6) is 5.75 Å². The number of hydrogen-bond donors (Lipinski definition) is 3. The first-order chi connectivity index (χ1) is 7.04. The van der Waals surface area contributed by atoms with Crippen molar-refractivity contribution < 1.29 is 24.5 Å². The number of benzene rings is 1. The molecule has 0 fully saturated rings. The highest BCUT2D eigenvalue weighted by Crippen LogP contribution is 2.21. The monoisotopic (exact) mass is 211 g/mol. The van der Waals surface area contributed by atoms with E-state index in [1.54, 1.807) is 0 Å². The third-order valence-corrected chi connectivity index (χ3v) is 1.70. The molecule has 0 unspecified atom stereocenters. The van der Waals surface area contributed by atoms with Gasteiger partial charge in [0, 0.05) is 0 Å². The average Bonchev–Trinajstić information content (AvgIpc) is 2.17. The summed E-state index contributed by atoms with van der Waals surface area (Å²) in [7, 11) is 1.39. The molecule has 0 saturated carbocycles. The number of carbonyl (C=O) groups is 2. The molecule has 6 heteroatoms. The lowest BCUT2D eigenvalue weighted by atomic mass is 10.1. The summed E-state index contributed by atoms with van der Waals surface area (Å²) in [5, 5.41) is 19.3. The molecule has 0 heterocycles. The minimum Gasteiger partial charge on any atom is -0.497 e. The van der Waals surface area contributed by atoms with Crippen molar-refractivity contribution in [3.63, 3.8) is 0 Å². The highest BCUT2D eigenvalue weighted by Gasteiger charge is 2.12. The second kappa shape index (κ2) is 4.32. The molecular weight excluding hydrogens is 202 g/mol. The van der Waals surface area contributed by atoms with Crippen molar-refractivity contribution in [2.24, 2.45) is 0 Å². The van der Waals surface area contributed by atoms with E-state index in [9.17, 15) is 9.59 Å². The number of rotatable bonds is 3. The van der Waals surface area contributed by atoms with Crippen LogP contribution in [0, 0.1) is 0 Å². The van der Waals surface area contributed by atoms with E-state index in [0.29, 0.717) is 5.75 Å². The number of anilines is 1. The molecule has 0 spiro atoms. The third-order valence-electron chi connectivity index (χ3n) is 1.70. The van der Waals surface area contributed by atoms with E-state index in [-0.39, 0.29) is 11.3 Å². The number of amides is 1. The van der Waals surface area contributed by atoms with Gasteiger partial charge in [-0.25, -0.2) is 9.59 Å². The molecule has 0 aliphatic rings. The van der Waals surface area contributed by atoms with Crippen LogP contribution < -0.4 is 10.1 Å². The lowest BCUT2D eigenvalue weighted by molar-refractivity contribution is 0.0697. The van der Waals surface area contributed by atoms with Gasteiger partial charge >= 0.3 is 12.1 Å². The summed E-state index contributed by atoms with van der Waals surface area (Å²) in [4.78, 5) is 21.1. The van der Waals surface area contributed by atoms with E-state index in [4.69, 9.17) is 14.9 Å². The Balaban J connectivity index is 3.15. The van der Waals surface area contributed by atoms with E-state index in [1.807, 2.05) is 5.32 Å². The molecule has 1 aromatic rings. The van der Waals surface area contributed by atoms with Crippen LogP contribution in [0.25, 0.3) is 0 Å². The fourth-order valence-corrected chi connectivity index (χ4v) is 1.05. The molecule has 0 radical (unpaired) electrons. The predicted molar refractivity (Wildman–Crippen MR) is 51.6 cm³/mol. The molecule has 15 heavy (non-hydrogen) atoms. The third kappa shape index (κ3) is 2.60. The Kier molecular flexibility index (Phi) is 3.12. The van der Waals surface area contributed by atoms with Gasteiger partial charge in [0.1, 0.15) is 5.75 Å². The first-order valence-corrected chi connectivity index (χ1v) is 3.96. The van der Waals surface area contributed by atoms with Crippen molar-refractivity contribution in [1.29, 1.82) is 0 Å². The second-order valence-electron chi connectivity index (χ2n) is 2.65. The lowest BCUT2D eigenvalue weighted by Crippen LogP contribution is -2.11. The maximum atomic E-state index is 10.8. The maximum absolute atomic E-state index is 10.8. The van der Waals surface area contributed by atoms with Gasteiger partial charge in [0.15, 0.2) is 0 Å². The molecule has 1 rings (SSSR count). The van der Waals surface area contributed by atoms with Gasteiger partial charge in [-0.15, -0.1) is 0 Å². The molecule has 0 aliphatic heterocycles. The quantitative estimate of drug-likeness (QED) is 0.703. The summed E-state index contributed by atoms with van der Waals surface area (Å²) in [6.45, 7) is 0. The van der Waals surface area contributed by atoms with Gasteiger partial charge in [-0.1, -0.05) is 0 Å². The van der Waals surface area contributed by atoms with Crippen molar-refractivity contribution in [3.8, 4) is 5.75 Å². The summed E-state index contributed by atoms with van der Waals surface area (Å²) in [6, 6.07) is 4.04. The van der Waals surface area contributed by atoms with Crippen LogP contribution >= 0.6 is 0 Å². The molecule has 1 amide bonds. The normalized spacial score (nSPS) is 9.40. The molecule has 6 nitrogen and oxygen atoms in total. The molecule has 0 atom stereocenters. The Morgan fingerprint density at radius 3 is 2.47 bits per heavy atom. The van der Waals surface area contributed by atoms with E-state index < -0.39 is 12.1 Å². The summed E-state index contributed by atoms with van der Waals surface area (Å²) < 4.78 is 4.83. The Bertz CT molecular complexity index is 401. The van der Waals surface area contributed by atoms with E-state index >= 15 is 0 Å². The number of carboxylic acids is 1. The van der Waals surface area contributed by atoms with Gasteiger partial charge in [0.05, 0.1) is 18.4 Å².